The monoisotopic (exact) mass is 543 g/mol. The molecule has 1 aliphatic rings. The van der Waals surface area contributed by atoms with E-state index in [9.17, 15) is 14.4 Å². The number of rotatable bonds is 9. The Kier molecular flexibility index (Phi) is 9.23. The van der Waals surface area contributed by atoms with E-state index in [1.54, 1.807) is 36.4 Å². The first kappa shape index (κ1) is 29.1. The molecule has 39 heavy (non-hydrogen) atoms. The standard InChI is InChI=1S/C27H33N3O9/c1-34-20-9-7-15(11-22(20)36-3)18-13-17(29-30-26(28)33)14-19(27(18,24(31)38-5)25(32)39-6)16-8-10-21(35-2)23(12-16)37-4/h7-12,18-19H,13-14H2,1-6H3,(H3,28,30,33). The zero-order valence-corrected chi connectivity index (χ0v) is 22.7. The molecule has 0 saturated heterocycles. The highest BCUT2D eigenvalue weighted by Gasteiger charge is 2.63. The van der Waals surface area contributed by atoms with Gasteiger partial charge in [-0.1, -0.05) is 12.1 Å². The second-order valence-corrected chi connectivity index (χ2v) is 8.75. The van der Waals surface area contributed by atoms with Gasteiger partial charge < -0.3 is 34.2 Å². The van der Waals surface area contributed by atoms with Crippen LogP contribution in [0.3, 0.4) is 0 Å². The summed E-state index contributed by atoms with van der Waals surface area (Å²) in [7, 11) is 8.38. The molecule has 0 radical (unpaired) electrons. The van der Waals surface area contributed by atoms with E-state index in [1.807, 2.05) is 0 Å². The van der Waals surface area contributed by atoms with Crippen LogP contribution in [0.25, 0.3) is 0 Å². The zero-order valence-electron chi connectivity index (χ0n) is 22.7. The molecule has 0 heterocycles. The minimum Gasteiger partial charge on any atom is -0.493 e. The third kappa shape index (κ3) is 5.40. The van der Waals surface area contributed by atoms with Gasteiger partial charge in [-0.25, -0.2) is 10.2 Å². The van der Waals surface area contributed by atoms with Crippen molar-refractivity contribution in [1.29, 1.82) is 0 Å². The Morgan fingerprint density at radius 3 is 1.49 bits per heavy atom. The highest BCUT2D eigenvalue weighted by atomic mass is 16.5. The van der Waals surface area contributed by atoms with Gasteiger partial charge in [0, 0.05) is 17.5 Å². The predicted octanol–water partition coefficient (Wildman–Crippen LogP) is 2.74. The molecule has 0 aromatic heterocycles. The highest BCUT2D eigenvalue weighted by Crippen LogP contribution is 2.57. The van der Waals surface area contributed by atoms with Crippen LogP contribution in [0.2, 0.25) is 0 Å². The number of esters is 2. The van der Waals surface area contributed by atoms with E-state index in [0.717, 1.165) is 0 Å². The maximum Gasteiger partial charge on any atom is 0.332 e. The van der Waals surface area contributed by atoms with Crippen LogP contribution in [0.5, 0.6) is 23.0 Å². The van der Waals surface area contributed by atoms with Crippen LogP contribution in [0.15, 0.2) is 41.5 Å². The van der Waals surface area contributed by atoms with Crippen molar-refractivity contribution in [2.75, 3.05) is 42.7 Å². The number of hydrazone groups is 1. The number of urea groups is 1. The Balaban J connectivity index is 2.38. The van der Waals surface area contributed by atoms with E-state index in [2.05, 4.69) is 10.5 Å². The number of carbonyl (C=O) groups excluding carboxylic acids is 3. The number of nitrogens with one attached hydrogen (secondary N) is 1. The first-order valence-corrected chi connectivity index (χ1v) is 11.9. The van der Waals surface area contributed by atoms with Crippen LogP contribution in [0.1, 0.15) is 35.8 Å². The summed E-state index contributed by atoms with van der Waals surface area (Å²) in [6, 6.07) is 9.30. The van der Waals surface area contributed by atoms with Crippen molar-refractivity contribution < 1.29 is 42.8 Å². The molecule has 210 valence electrons. The molecule has 0 bridgehead atoms. The molecule has 2 unspecified atom stereocenters. The van der Waals surface area contributed by atoms with E-state index in [-0.39, 0.29) is 12.8 Å². The predicted molar refractivity (Wildman–Crippen MR) is 140 cm³/mol. The summed E-state index contributed by atoms with van der Waals surface area (Å²) in [5, 5.41) is 4.20. The van der Waals surface area contributed by atoms with Gasteiger partial charge >= 0.3 is 18.0 Å². The fourth-order valence-electron chi connectivity index (χ4n) is 5.24. The van der Waals surface area contributed by atoms with Crippen molar-refractivity contribution in [3.63, 3.8) is 0 Å². The summed E-state index contributed by atoms with van der Waals surface area (Å²) >= 11 is 0. The number of nitrogens with zero attached hydrogens (tertiary/aromatic N) is 1. The molecule has 3 N–H and O–H groups in total. The van der Waals surface area contributed by atoms with Gasteiger partial charge in [0.05, 0.1) is 42.7 Å². The van der Waals surface area contributed by atoms with Crippen molar-refractivity contribution in [3.05, 3.63) is 47.5 Å². The van der Waals surface area contributed by atoms with Gasteiger partial charge in [0.2, 0.25) is 0 Å². The molecule has 1 fully saturated rings. The number of carbonyl (C=O) groups is 3. The number of ether oxygens (including phenoxy) is 6. The zero-order chi connectivity index (χ0) is 28.7. The van der Waals surface area contributed by atoms with Crippen molar-refractivity contribution in [1.82, 2.24) is 5.43 Å². The minimum absolute atomic E-state index is 0.0871. The van der Waals surface area contributed by atoms with E-state index in [0.29, 0.717) is 39.8 Å². The van der Waals surface area contributed by atoms with Crippen LogP contribution >= 0.6 is 0 Å². The molecule has 12 heteroatoms. The van der Waals surface area contributed by atoms with Crippen molar-refractivity contribution in [2.45, 2.75) is 24.7 Å². The lowest BCUT2D eigenvalue weighted by atomic mass is 9.55. The first-order chi connectivity index (χ1) is 18.7. The Hall–Kier alpha value is -4.48. The average Bonchev–Trinajstić information content (AvgIpc) is 2.97. The third-order valence-electron chi connectivity index (χ3n) is 6.97. The highest BCUT2D eigenvalue weighted by molar-refractivity contribution is 6.06. The van der Waals surface area contributed by atoms with Crippen molar-refractivity contribution >= 4 is 23.7 Å². The Morgan fingerprint density at radius 1 is 0.744 bits per heavy atom. The van der Waals surface area contributed by atoms with Crippen molar-refractivity contribution in [2.24, 2.45) is 16.3 Å². The van der Waals surface area contributed by atoms with Gasteiger partial charge in [-0.3, -0.25) is 9.59 Å². The molecule has 12 nitrogen and oxygen atoms in total. The maximum atomic E-state index is 13.8. The van der Waals surface area contributed by atoms with Crippen LogP contribution in [0.4, 0.5) is 4.79 Å². The molecule has 2 atom stereocenters. The van der Waals surface area contributed by atoms with Crippen molar-refractivity contribution in [3.8, 4) is 23.0 Å². The van der Waals surface area contributed by atoms with Gasteiger partial charge in [-0.2, -0.15) is 5.10 Å². The van der Waals surface area contributed by atoms with E-state index in [4.69, 9.17) is 34.2 Å². The van der Waals surface area contributed by atoms with Gasteiger partial charge in [-0.05, 0) is 48.2 Å². The lowest BCUT2D eigenvalue weighted by Crippen LogP contribution is -2.54. The van der Waals surface area contributed by atoms with E-state index >= 15 is 0 Å². The van der Waals surface area contributed by atoms with Gasteiger partial charge in [0.25, 0.3) is 0 Å². The van der Waals surface area contributed by atoms with E-state index < -0.39 is 35.2 Å². The minimum atomic E-state index is -1.87. The molecule has 2 aromatic rings. The number of hydrogen-bond donors (Lipinski definition) is 2. The first-order valence-electron chi connectivity index (χ1n) is 11.9. The van der Waals surface area contributed by atoms with E-state index in [1.165, 1.54) is 42.7 Å². The second kappa shape index (κ2) is 12.4. The second-order valence-electron chi connectivity index (χ2n) is 8.75. The molecular formula is C27H33N3O9. The average molecular weight is 544 g/mol. The summed E-state index contributed by atoms with van der Waals surface area (Å²) in [6.45, 7) is 0. The fourth-order valence-corrected chi connectivity index (χ4v) is 5.24. The van der Waals surface area contributed by atoms with Gasteiger partial charge in [0.15, 0.2) is 28.4 Å². The smallest absolute Gasteiger partial charge is 0.332 e. The summed E-state index contributed by atoms with van der Waals surface area (Å²) in [4.78, 5) is 39.1. The Bertz CT molecular complexity index is 1180. The number of benzene rings is 2. The summed E-state index contributed by atoms with van der Waals surface area (Å²) < 4.78 is 32.3. The number of amides is 2. The number of methoxy groups -OCH3 is 6. The SMILES string of the molecule is COC(=O)C1(C(=O)OC)C(c2ccc(OC)c(OC)c2)CC(=NNC(N)=O)CC1c1ccc(OC)c(OC)c1. The lowest BCUT2D eigenvalue weighted by Gasteiger charge is -2.45. The molecule has 1 saturated carbocycles. The summed E-state index contributed by atoms with van der Waals surface area (Å²) in [5.41, 5.74) is 7.26. The van der Waals surface area contributed by atoms with Crippen LogP contribution < -0.4 is 30.1 Å². The quantitative estimate of drug-likeness (QED) is 0.276. The number of nitrogens with two attached hydrogens (primary N) is 1. The molecule has 0 spiro atoms. The molecule has 1 aliphatic carbocycles. The number of hydrogen-bond acceptors (Lipinski definition) is 10. The van der Waals surface area contributed by atoms with Gasteiger partial charge in [-0.15, -0.1) is 0 Å². The molecule has 0 aliphatic heterocycles. The molecule has 3 rings (SSSR count). The Morgan fingerprint density at radius 2 is 1.15 bits per heavy atom. The normalized spacial score (nSPS) is 17.8. The van der Waals surface area contributed by atoms with Crippen LogP contribution in [0, 0.1) is 5.41 Å². The number of primary amides is 1. The molecule has 2 amide bonds. The largest absolute Gasteiger partial charge is 0.493 e. The maximum absolute atomic E-state index is 13.8. The Labute approximate surface area is 226 Å². The third-order valence-corrected chi connectivity index (χ3v) is 6.97. The lowest BCUT2D eigenvalue weighted by molar-refractivity contribution is -0.174. The fraction of sp³-hybridized carbons (Fsp3) is 0.407. The molecular weight excluding hydrogens is 510 g/mol. The topological polar surface area (TPSA) is 157 Å². The summed E-state index contributed by atoms with van der Waals surface area (Å²) in [5.74, 6) is -1.62. The summed E-state index contributed by atoms with van der Waals surface area (Å²) in [6.07, 6.45) is 0.174. The van der Waals surface area contributed by atoms with Gasteiger partial charge in [0.1, 0.15) is 0 Å². The van der Waals surface area contributed by atoms with Crippen LogP contribution in [-0.4, -0.2) is 66.3 Å². The molecule has 2 aromatic carbocycles. The van der Waals surface area contributed by atoms with Crippen LogP contribution in [-0.2, 0) is 19.1 Å².